The van der Waals surface area contributed by atoms with Crippen LogP contribution >= 0.6 is 22.9 Å². The molecule has 1 aromatic heterocycles. The molecule has 0 aliphatic carbocycles. The molecule has 0 aliphatic rings. The summed E-state index contributed by atoms with van der Waals surface area (Å²) in [5.74, 6) is -0.713. The zero-order valence-electron chi connectivity index (χ0n) is 12.3. The summed E-state index contributed by atoms with van der Waals surface area (Å²) >= 11 is 7.84. The highest BCUT2D eigenvalue weighted by atomic mass is 35.5. The summed E-state index contributed by atoms with van der Waals surface area (Å²) in [4.78, 5) is 12.8. The molecule has 2 aromatic carbocycles. The Bertz CT molecular complexity index is 917. The molecule has 0 spiro atoms. The Balaban J connectivity index is 1.80. The summed E-state index contributed by atoms with van der Waals surface area (Å²) in [6.07, 6.45) is 3.08. The lowest BCUT2D eigenvalue weighted by molar-refractivity contribution is -0.111. The summed E-state index contributed by atoms with van der Waals surface area (Å²) in [7, 11) is 0. The van der Waals surface area contributed by atoms with Crippen LogP contribution in [-0.4, -0.2) is 5.91 Å². The molecule has 5 heteroatoms. The molecule has 0 saturated carbocycles. The van der Waals surface area contributed by atoms with E-state index < -0.39 is 0 Å². The van der Waals surface area contributed by atoms with Crippen molar-refractivity contribution in [2.45, 2.75) is 6.92 Å². The average Bonchev–Trinajstić information content (AvgIpc) is 2.86. The Morgan fingerprint density at radius 2 is 2.04 bits per heavy atom. The minimum atomic E-state index is -0.387. The van der Waals surface area contributed by atoms with Gasteiger partial charge >= 0.3 is 0 Å². The molecule has 23 heavy (non-hydrogen) atoms. The summed E-state index contributed by atoms with van der Waals surface area (Å²) in [6.45, 7) is 1.81. The lowest BCUT2D eigenvalue weighted by atomic mass is 10.2. The third kappa shape index (κ3) is 3.44. The summed E-state index contributed by atoms with van der Waals surface area (Å²) < 4.78 is 14.3. The van der Waals surface area contributed by atoms with Gasteiger partial charge < -0.3 is 5.32 Å². The highest BCUT2D eigenvalue weighted by molar-refractivity contribution is 7.20. The minimum absolute atomic E-state index is 0.327. The van der Waals surface area contributed by atoms with Gasteiger partial charge in [0.1, 0.15) is 5.82 Å². The number of hydrogen-bond acceptors (Lipinski definition) is 2. The van der Waals surface area contributed by atoms with E-state index in [2.05, 4.69) is 5.32 Å². The zero-order chi connectivity index (χ0) is 16.4. The maximum absolute atomic E-state index is 13.2. The van der Waals surface area contributed by atoms with Crippen molar-refractivity contribution in [3.63, 3.8) is 0 Å². The molecule has 0 fully saturated rings. The van der Waals surface area contributed by atoms with Crippen molar-refractivity contribution in [1.29, 1.82) is 0 Å². The number of rotatable bonds is 3. The van der Waals surface area contributed by atoms with E-state index in [1.807, 2.05) is 31.2 Å². The molecule has 0 bridgehead atoms. The van der Waals surface area contributed by atoms with E-state index in [-0.39, 0.29) is 11.7 Å². The largest absolute Gasteiger partial charge is 0.322 e. The first-order valence-electron chi connectivity index (χ1n) is 6.97. The lowest BCUT2D eigenvalue weighted by Crippen LogP contribution is -2.09. The number of fused-ring (bicyclic) bond motifs is 1. The number of nitrogens with one attached hydrogen (secondary N) is 1. The molecule has 1 N–H and O–H groups in total. The van der Waals surface area contributed by atoms with Crippen molar-refractivity contribution < 1.29 is 9.18 Å². The van der Waals surface area contributed by atoms with Crippen LogP contribution in [0.3, 0.4) is 0 Å². The molecule has 1 amide bonds. The molecule has 0 radical (unpaired) electrons. The standard InChI is InChI=1S/C18H13ClFNOS/c1-11-6-7-12(20)10-14(11)21-17(22)9-8-16-18(19)13-4-2-3-5-15(13)23-16/h2-10H,1H3,(H,21,22)/b9-8+. The molecule has 0 atom stereocenters. The number of carbonyl (C=O) groups excluding carboxylic acids is 1. The molecular formula is C18H13ClFNOS. The van der Waals surface area contributed by atoms with Crippen molar-refractivity contribution in [3.8, 4) is 0 Å². The maximum Gasteiger partial charge on any atom is 0.248 e. The molecule has 2 nitrogen and oxygen atoms in total. The molecule has 1 heterocycles. The van der Waals surface area contributed by atoms with E-state index in [9.17, 15) is 9.18 Å². The topological polar surface area (TPSA) is 29.1 Å². The van der Waals surface area contributed by atoms with E-state index >= 15 is 0 Å². The van der Waals surface area contributed by atoms with Gasteiger partial charge in [0, 0.05) is 26.7 Å². The molecule has 116 valence electrons. The molecular weight excluding hydrogens is 333 g/mol. The van der Waals surface area contributed by atoms with Crippen molar-refractivity contribution in [3.05, 3.63) is 69.8 Å². The van der Waals surface area contributed by atoms with Gasteiger partial charge in [-0.05, 0) is 36.8 Å². The van der Waals surface area contributed by atoms with E-state index in [0.29, 0.717) is 10.7 Å². The van der Waals surface area contributed by atoms with Crippen molar-refractivity contribution in [2.75, 3.05) is 5.32 Å². The van der Waals surface area contributed by atoms with E-state index in [0.717, 1.165) is 20.5 Å². The number of carbonyl (C=O) groups is 1. The number of amides is 1. The molecule has 3 rings (SSSR count). The maximum atomic E-state index is 13.2. The van der Waals surface area contributed by atoms with Crippen molar-refractivity contribution in [1.82, 2.24) is 0 Å². The number of hydrogen-bond donors (Lipinski definition) is 1. The number of thiophene rings is 1. The van der Waals surface area contributed by atoms with Crippen LogP contribution in [0.5, 0.6) is 0 Å². The fourth-order valence-corrected chi connectivity index (χ4v) is 3.59. The summed E-state index contributed by atoms with van der Waals surface area (Å²) in [5.41, 5.74) is 1.26. The molecule has 0 aliphatic heterocycles. The van der Waals surface area contributed by atoms with Gasteiger partial charge in [0.15, 0.2) is 0 Å². The molecule has 0 unspecified atom stereocenters. The molecule has 3 aromatic rings. The fourth-order valence-electron chi connectivity index (χ4n) is 2.19. The van der Waals surface area contributed by atoms with Crippen LogP contribution in [0.25, 0.3) is 16.2 Å². The first-order chi connectivity index (χ1) is 11.0. The number of halogens is 2. The van der Waals surface area contributed by atoms with Gasteiger partial charge in [0.05, 0.1) is 5.02 Å². The highest BCUT2D eigenvalue weighted by Gasteiger charge is 2.08. The molecule has 0 saturated heterocycles. The lowest BCUT2D eigenvalue weighted by Gasteiger charge is -2.05. The average molecular weight is 346 g/mol. The minimum Gasteiger partial charge on any atom is -0.322 e. The van der Waals surface area contributed by atoms with Crippen LogP contribution in [0.15, 0.2) is 48.5 Å². The van der Waals surface area contributed by atoms with Gasteiger partial charge in [-0.3, -0.25) is 4.79 Å². The second-order valence-corrected chi connectivity index (χ2v) is 6.52. The third-order valence-electron chi connectivity index (χ3n) is 3.40. The highest BCUT2D eigenvalue weighted by Crippen LogP contribution is 2.35. The second-order valence-electron chi connectivity index (χ2n) is 5.06. The first kappa shape index (κ1) is 15.7. The van der Waals surface area contributed by atoms with E-state index in [1.54, 1.807) is 12.1 Å². The van der Waals surface area contributed by atoms with E-state index in [4.69, 9.17) is 11.6 Å². The summed E-state index contributed by atoms with van der Waals surface area (Å²) in [5, 5.41) is 4.28. The zero-order valence-corrected chi connectivity index (χ0v) is 13.8. The van der Waals surface area contributed by atoms with Crippen LogP contribution < -0.4 is 5.32 Å². The Labute approximate surface area is 142 Å². The quantitative estimate of drug-likeness (QED) is 0.610. The Hall–Kier alpha value is -2.17. The van der Waals surface area contributed by atoms with Crippen LogP contribution in [0.4, 0.5) is 10.1 Å². The van der Waals surface area contributed by atoms with Gasteiger partial charge in [-0.25, -0.2) is 4.39 Å². The monoisotopic (exact) mass is 345 g/mol. The van der Waals surface area contributed by atoms with Gasteiger partial charge in [-0.2, -0.15) is 0 Å². The fraction of sp³-hybridized carbons (Fsp3) is 0.0556. The van der Waals surface area contributed by atoms with Gasteiger partial charge in [-0.15, -0.1) is 11.3 Å². The predicted octanol–water partition coefficient (Wildman–Crippen LogP) is 5.65. The normalized spacial score (nSPS) is 11.3. The van der Waals surface area contributed by atoms with Crippen LogP contribution in [0.2, 0.25) is 5.02 Å². The Kier molecular flexibility index (Phi) is 4.46. The number of anilines is 1. The Morgan fingerprint density at radius 1 is 1.26 bits per heavy atom. The van der Waals surface area contributed by atoms with Gasteiger partial charge in [-0.1, -0.05) is 35.9 Å². The number of aryl methyl sites for hydroxylation is 1. The predicted molar refractivity (Wildman–Crippen MR) is 95.6 cm³/mol. The summed E-state index contributed by atoms with van der Waals surface area (Å²) in [6, 6.07) is 12.1. The van der Waals surface area contributed by atoms with Gasteiger partial charge in [0.25, 0.3) is 0 Å². The smallest absolute Gasteiger partial charge is 0.248 e. The Morgan fingerprint density at radius 3 is 2.83 bits per heavy atom. The van der Waals surface area contributed by atoms with Crippen LogP contribution in [-0.2, 0) is 4.79 Å². The van der Waals surface area contributed by atoms with Crippen molar-refractivity contribution >= 4 is 50.7 Å². The van der Waals surface area contributed by atoms with Crippen LogP contribution in [0, 0.1) is 12.7 Å². The third-order valence-corrected chi connectivity index (χ3v) is 5.06. The van der Waals surface area contributed by atoms with Gasteiger partial charge in [0.2, 0.25) is 5.91 Å². The van der Waals surface area contributed by atoms with E-state index in [1.165, 1.54) is 29.5 Å². The SMILES string of the molecule is Cc1ccc(F)cc1NC(=O)/C=C/c1sc2ccccc2c1Cl. The van der Waals surface area contributed by atoms with Crippen molar-refractivity contribution in [2.24, 2.45) is 0 Å². The number of benzene rings is 2. The first-order valence-corrected chi connectivity index (χ1v) is 8.16. The second kappa shape index (κ2) is 6.52. The van der Waals surface area contributed by atoms with Crippen LogP contribution in [0.1, 0.15) is 10.4 Å².